The summed E-state index contributed by atoms with van der Waals surface area (Å²) >= 11 is 0. The standard InChI is InChI=1S/C20H16N4O4/c1-2-27-20(26)16-17(25)15(28-19(16)24-13-5-3-7-21-11-13)9-12-10-23-18-14(12)6-4-8-22-18/h3-11,24-25H,2H2,1H3. The zero-order valence-corrected chi connectivity index (χ0v) is 14.9. The number of nitrogens with zero attached hydrogens (tertiary/aromatic N) is 3. The van der Waals surface area contributed by atoms with E-state index in [0.29, 0.717) is 17.1 Å². The summed E-state index contributed by atoms with van der Waals surface area (Å²) in [5, 5.41) is 13.6. The highest BCUT2D eigenvalue weighted by Gasteiger charge is 2.27. The van der Waals surface area contributed by atoms with E-state index in [9.17, 15) is 9.90 Å². The summed E-state index contributed by atoms with van der Waals surface area (Å²) < 4.78 is 10.8. The lowest BCUT2D eigenvalue weighted by Gasteiger charge is -2.05. The molecule has 1 aliphatic rings. The number of hydrogen-bond acceptors (Lipinski definition) is 8. The summed E-state index contributed by atoms with van der Waals surface area (Å²) in [4.78, 5) is 24.8. The predicted molar refractivity (Wildman–Crippen MR) is 104 cm³/mol. The molecule has 4 heterocycles. The van der Waals surface area contributed by atoms with E-state index in [4.69, 9.17) is 9.15 Å². The Kier molecular flexibility index (Phi) is 4.59. The first-order valence-corrected chi connectivity index (χ1v) is 8.58. The second kappa shape index (κ2) is 7.36. The molecule has 3 aromatic heterocycles. The van der Waals surface area contributed by atoms with E-state index in [0.717, 1.165) is 5.56 Å². The quantitative estimate of drug-likeness (QED) is 0.649. The highest BCUT2D eigenvalue weighted by Crippen LogP contribution is 2.39. The molecule has 140 valence electrons. The second-order valence-corrected chi connectivity index (χ2v) is 5.84. The molecule has 0 saturated heterocycles. The van der Waals surface area contributed by atoms with Gasteiger partial charge in [0.15, 0.2) is 22.9 Å². The van der Waals surface area contributed by atoms with Crippen LogP contribution in [0.2, 0.25) is 0 Å². The molecule has 0 aromatic carbocycles. The van der Waals surface area contributed by atoms with Crippen LogP contribution in [-0.4, -0.2) is 33.9 Å². The van der Waals surface area contributed by atoms with Crippen LogP contribution in [0.25, 0.3) is 11.6 Å². The van der Waals surface area contributed by atoms with Crippen LogP contribution in [-0.2, 0) is 4.74 Å². The maximum absolute atomic E-state index is 12.4. The second-order valence-electron chi connectivity index (χ2n) is 5.84. The van der Waals surface area contributed by atoms with Crippen LogP contribution in [0.15, 0.2) is 52.3 Å². The molecule has 0 fully saturated rings. The van der Waals surface area contributed by atoms with Crippen LogP contribution in [0.1, 0.15) is 28.6 Å². The number of furan rings is 1. The van der Waals surface area contributed by atoms with Crippen molar-refractivity contribution in [3.8, 4) is 5.75 Å². The van der Waals surface area contributed by atoms with E-state index in [1.54, 1.807) is 56.0 Å². The molecular weight excluding hydrogens is 360 g/mol. The predicted octanol–water partition coefficient (Wildman–Crippen LogP) is 3.95. The zero-order valence-electron chi connectivity index (χ0n) is 14.9. The Labute approximate surface area is 160 Å². The van der Waals surface area contributed by atoms with Crippen LogP contribution in [0, 0.1) is 0 Å². The Morgan fingerprint density at radius 3 is 2.96 bits per heavy atom. The van der Waals surface area contributed by atoms with Crippen LogP contribution >= 0.6 is 0 Å². The first-order valence-electron chi connectivity index (χ1n) is 8.58. The number of hydrogen-bond donors (Lipinski definition) is 2. The van der Waals surface area contributed by atoms with Crippen molar-refractivity contribution in [3.05, 3.63) is 59.7 Å². The van der Waals surface area contributed by atoms with Gasteiger partial charge in [0, 0.05) is 29.7 Å². The van der Waals surface area contributed by atoms with E-state index in [1.807, 2.05) is 6.07 Å². The minimum atomic E-state index is -0.693. The average Bonchev–Trinajstić information content (AvgIpc) is 3.24. The van der Waals surface area contributed by atoms with Gasteiger partial charge in [0.05, 0.1) is 18.5 Å². The summed E-state index contributed by atoms with van der Waals surface area (Å²) in [5.41, 5.74) is 2.02. The fourth-order valence-electron chi connectivity index (χ4n) is 2.77. The number of fused-ring (bicyclic) bond motifs is 1. The maximum atomic E-state index is 12.4. The molecule has 3 aromatic rings. The van der Waals surface area contributed by atoms with Gasteiger partial charge in [-0.1, -0.05) is 0 Å². The van der Waals surface area contributed by atoms with E-state index in [1.165, 1.54) is 0 Å². The Bertz CT molecular complexity index is 1090. The van der Waals surface area contributed by atoms with Gasteiger partial charge in [0.25, 0.3) is 0 Å². The molecule has 0 saturated carbocycles. The number of pyridine rings is 2. The van der Waals surface area contributed by atoms with Crippen LogP contribution in [0.3, 0.4) is 0 Å². The molecule has 0 aliphatic carbocycles. The van der Waals surface area contributed by atoms with Crippen molar-refractivity contribution in [2.24, 2.45) is 4.99 Å². The molecule has 1 aliphatic heterocycles. The number of allylic oxidation sites excluding steroid dienone is 1. The number of carbonyl (C=O) groups is 1. The summed E-state index contributed by atoms with van der Waals surface area (Å²) in [6.07, 6.45) is 8.07. The van der Waals surface area contributed by atoms with Gasteiger partial charge in [0.2, 0.25) is 5.88 Å². The Morgan fingerprint density at radius 1 is 1.32 bits per heavy atom. The van der Waals surface area contributed by atoms with Gasteiger partial charge < -0.3 is 19.6 Å². The van der Waals surface area contributed by atoms with Crippen molar-refractivity contribution >= 4 is 41.2 Å². The van der Waals surface area contributed by atoms with Gasteiger partial charge in [0.1, 0.15) is 0 Å². The summed E-state index contributed by atoms with van der Waals surface area (Å²) in [6.45, 7) is 1.85. The first-order chi connectivity index (χ1) is 13.7. The minimum Gasteiger partial charge on any atom is -0.504 e. The van der Waals surface area contributed by atoms with Crippen molar-refractivity contribution in [1.82, 2.24) is 9.97 Å². The van der Waals surface area contributed by atoms with Gasteiger partial charge >= 0.3 is 5.97 Å². The number of nitrogens with one attached hydrogen (secondary N) is 1. The van der Waals surface area contributed by atoms with Gasteiger partial charge in [-0.2, -0.15) is 0 Å². The molecule has 0 amide bonds. The van der Waals surface area contributed by atoms with E-state index >= 15 is 0 Å². The smallest absolute Gasteiger partial charge is 0.347 e. The summed E-state index contributed by atoms with van der Waals surface area (Å²) in [6, 6.07) is 7.15. The van der Waals surface area contributed by atoms with Gasteiger partial charge in [-0.05, 0) is 37.3 Å². The number of ether oxygens (including phenoxy) is 1. The maximum Gasteiger partial charge on any atom is 0.347 e. The molecular formula is C20H16N4O4. The van der Waals surface area contributed by atoms with Crippen molar-refractivity contribution in [3.63, 3.8) is 0 Å². The van der Waals surface area contributed by atoms with E-state index in [2.05, 4.69) is 20.3 Å². The molecule has 0 bridgehead atoms. The fourth-order valence-corrected chi connectivity index (χ4v) is 2.77. The monoisotopic (exact) mass is 376 g/mol. The molecule has 0 atom stereocenters. The third kappa shape index (κ3) is 3.23. The van der Waals surface area contributed by atoms with Gasteiger partial charge in [-0.15, -0.1) is 0 Å². The van der Waals surface area contributed by atoms with Gasteiger partial charge in [-0.25, -0.2) is 14.8 Å². The number of aliphatic imine (C=N–C) groups is 1. The molecule has 0 radical (unpaired) electrons. The van der Waals surface area contributed by atoms with Crippen LogP contribution < -0.4 is 5.32 Å². The van der Waals surface area contributed by atoms with Crippen molar-refractivity contribution in [2.75, 3.05) is 11.9 Å². The Hall–Kier alpha value is -3.94. The fraction of sp³-hybridized carbons (Fsp3) is 0.100. The van der Waals surface area contributed by atoms with E-state index in [-0.39, 0.29) is 29.6 Å². The highest BCUT2D eigenvalue weighted by atomic mass is 16.5. The van der Waals surface area contributed by atoms with Gasteiger partial charge in [-0.3, -0.25) is 4.98 Å². The summed E-state index contributed by atoms with van der Waals surface area (Å²) in [7, 11) is 0. The largest absolute Gasteiger partial charge is 0.504 e. The Balaban J connectivity index is 1.77. The molecule has 8 heteroatoms. The molecule has 28 heavy (non-hydrogen) atoms. The number of carbonyl (C=O) groups excluding carboxylic acids is 1. The molecule has 2 N–H and O–H groups in total. The number of rotatable bonds is 5. The Morgan fingerprint density at radius 2 is 2.18 bits per heavy atom. The van der Waals surface area contributed by atoms with Crippen molar-refractivity contribution in [1.29, 1.82) is 0 Å². The molecule has 0 unspecified atom stereocenters. The minimum absolute atomic E-state index is 0.0668. The third-order valence-corrected chi connectivity index (χ3v) is 4.02. The number of aromatic hydroxyl groups is 1. The SMILES string of the molecule is CCOC(=O)c1c(Nc2cccnc2)oc(C=C2C=Nc3ncccc32)c1O. The average molecular weight is 376 g/mol. The number of esters is 1. The molecule has 4 rings (SSSR count). The number of anilines is 2. The van der Waals surface area contributed by atoms with Crippen LogP contribution in [0.4, 0.5) is 17.4 Å². The normalized spacial score (nSPS) is 13.5. The van der Waals surface area contributed by atoms with Crippen molar-refractivity contribution < 1.29 is 19.1 Å². The van der Waals surface area contributed by atoms with E-state index < -0.39 is 5.97 Å². The van der Waals surface area contributed by atoms with Crippen molar-refractivity contribution in [2.45, 2.75) is 6.92 Å². The first kappa shape index (κ1) is 17.5. The summed E-state index contributed by atoms with van der Waals surface area (Å²) in [5.74, 6) is -0.256. The third-order valence-electron chi connectivity index (χ3n) is 4.02. The van der Waals surface area contributed by atoms with Crippen LogP contribution in [0.5, 0.6) is 5.75 Å². The lowest BCUT2D eigenvalue weighted by atomic mass is 10.1. The zero-order chi connectivity index (χ0) is 19.5. The molecule has 8 nitrogen and oxygen atoms in total. The molecule has 0 spiro atoms. The highest BCUT2D eigenvalue weighted by molar-refractivity contribution is 6.21. The lowest BCUT2D eigenvalue weighted by Crippen LogP contribution is -2.06. The number of aromatic nitrogens is 2. The topological polar surface area (TPSA) is 110 Å². The lowest BCUT2D eigenvalue weighted by molar-refractivity contribution is 0.0524.